The summed E-state index contributed by atoms with van der Waals surface area (Å²) in [5.74, 6) is 1.67. The minimum atomic E-state index is -0.509. The van der Waals surface area contributed by atoms with Crippen LogP contribution in [-0.4, -0.2) is 51.2 Å². The molecule has 6 nitrogen and oxygen atoms in total. The number of likely N-dealkylation sites (tertiary alicyclic amines) is 1. The number of rotatable bonds is 5. The lowest BCUT2D eigenvalue weighted by Gasteiger charge is -2.35. The van der Waals surface area contributed by atoms with E-state index in [4.69, 9.17) is 4.74 Å². The molecule has 2 aromatic heterocycles. The minimum absolute atomic E-state index is 0.190. The molecule has 1 amide bonds. The molecule has 1 aliphatic heterocycles. The summed E-state index contributed by atoms with van der Waals surface area (Å²) in [7, 11) is 0. The van der Waals surface area contributed by atoms with Gasteiger partial charge in [-0.2, -0.15) is 0 Å². The number of aryl methyl sites for hydroxylation is 4. The van der Waals surface area contributed by atoms with E-state index in [-0.39, 0.29) is 12.0 Å². The molecule has 1 saturated heterocycles. The van der Waals surface area contributed by atoms with Crippen LogP contribution in [0.15, 0.2) is 17.5 Å². The van der Waals surface area contributed by atoms with Gasteiger partial charge in [-0.05, 0) is 64.0 Å². The Bertz CT molecular complexity index is 884. The van der Waals surface area contributed by atoms with Crippen molar-refractivity contribution in [1.82, 2.24) is 14.9 Å². The number of hydrogen-bond donors (Lipinski definition) is 1. The van der Waals surface area contributed by atoms with E-state index in [1.807, 2.05) is 43.2 Å². The van der Waals surface area contributed by atoms with Gasteiger partial charge in [0.2, 0.25) is 5.91 Å². The van der Waals surface area contributed by atoms with Crippen LogP contribution in [0.4, 0.5) is 0 Å². The zero-order valence-corrected chi connectivity index (χ0v) is 18.1. The van der Waals surface area contributed by atoms with Gasteiger partial charge in [0.05, 0.1) is 22.5 Å². The van der Waals surface area contributed by atoms with Gasteiger partial charge in [0.15, 0.2) is 0 Å². The molecule has 0 spiro atoms. The van der Waals surface area contributed by atoms with E-state index < -0.39 is 6.10 Å². The van der Waals surface area contributed by atoms with Crippen molar-refractivity contribution in [3.63, 3.8) is 0 Å². The molecule has 2 aromatic rings. The van der Waals surface area contributed by atoms with Gasteiger partial charge in [-0.1, -0.05) is 0 Å². The number of pyridine rings is 1. The average molecular weight is 416 g/mol. The van der Waals surface area contributed by atoms with Gasteiger partial charge in [-0.25, -0.2) is 4.98 Å². The Morgan fingerprint density at radius 3 is 2.66 bits per heavy atom. The molecule has 7 heteroatoms. The first kappa shape index (κ1) is 20.3. The standard InChI is InChI=1S/C22H29N3O3S/c1-13-4-6-20(14(2)23-13)28-21-9-17-11-25(10-16(17)8-19(21)26)22(27)7-5-18-12-29-15(3)24-18/h4,6,12,16-17,19,21,26H,5,7-11H2,1-3H3/t16-,17+,19+,21+/m0/s1. The Kier molecular flexibility index (Phi) is 5.88. The number of fused-ring (bicyclic) bond motifs is 1. The molecular formula is C22H29N3O3S. The molecule has 3 heterocycles. The molecule has 29 heavy (non-hydrogen) atoms. The Morgan fingerprint density at radius 1 is 1.21 bits per heavy atom. The van der Waals surface area contributed by atoms with Crippen molar-refractivity contribution >= 4 is 17.2 Å². The monoisotopic (exact) mass is 415 g/mol. The van der Waals surface area contributed by atoms with E-state index in [0.29, 0.717) is 31.1 Å². The van der Waals surface area contributed by atoms with E-state index >= 15 is 0 Å². The molecule has 0 unspecified atom stereocenters. The summed E-state index contributed by atoms with van der Waals surface area (Å²) in [5.41, 5.74) is 2.81. The summed E-state index contributed by atoms with van der Waals surface area (Å²) in [6, 6.07) is 3.86. The maximum Gasteiger partial charge on any atom is 0.222 e. The van der Waals surface area contributed by atoms with Crippen molar-refractivity contribution in [2.24, 2.45) is 11.8 Å². The van der Waals surface area contributed by atoms with E-state index in [0.717, 1.165) is 47.3 Å². The highest BCUT2D eigenvalue weighted by molar-refractivity contribution is 7.09. The van der Waals surface area contributed by atoms with Gasteiger partial charge in [-0.15, -0.1) is 11.3 Å². The summed E-state index contributed by atoms with van der Waals surface area (Å²) in [6.45, 7) is 7.38. The number of hydrogen-bond acceptors (Lipinski definition) is 6. The van der Waals surface area contributed by atoms with Crippen LogP contribution in [0.2, 0.25) is 0 Å². The maximum atomic E-state index is 12.7. The normalized spacial score (nSPS) is 26.4. The molecule has 0 radical (unpaired) electrons. The van der Waals surface area contributed by atoms with Crippen LogP contribution in [-0.2, 0) is 11.2 Å². The van der Waals surface area contributed by atoms with Crippen molar-refractivity contribution in [3.05, 3.63) is 39.6 Å². The number of carbonyl (C=O) groups is 1. The van der Waals surface area contributed by atoms with Crippen LogP contribution in [0.25, 0.3) is 0 Å². The zero-order valence-electron chi connectivity index (χ0n) is 17.3. The number of ether oxygens (including phenoxy) is 1. The summed E-state index contributed by atoms with van der Waals surface area (Å²) in [6.07, 6.45) is 1.90. The lowest BCUT2D eigenvalue weighted by atomic mass is 9.78. The Hall–Kier alpha value is -1.99. The predicted molar refractivity (Wildman–Crippen MR) is 112 cm³/mol. The third-order valence-corrected chi connectivity index (χ3v) is 6.98. The highest BCUT2D eigenvalue weighted by Crippen LogP contribution is 2.38. The number of aliphatic hydroxyl groups is 1. The molecule has 1 N–H and O–H groups in total. The van der Waals surface area contributed by atoms with E-state index in [2.05, 4.69) is 9.97 Å². The van der Waals surface area contributed by atoms with Crippen molar-refractivity contribution in [3.8, 4) is 5.75 Å². The largest absolute Gasteiger partial charge is 0.486 e. The van der Waals surface area contributed by atoms with Gasteiger partial charge in [-0.3, -0.25) is 9.78 Å². The Labute approximate surface area is 175 Å². The van der Waals surface area contributed by atoms with Gasteiger partial charge in [0.25, 0.3) is 0 Å². The number of nitrogens with zero attached hydrogens (tertiary/aromatic N) is 3. The molecule has 4 atom stereocenters. The van der Waals surface area contributed by atoms with Crippen molar-refractivity contribution in [2.75, 3.05) is 13.1 Å². The Balaban J connectivity index is 1.33. The molecule has 2 fully saturated rings. The van der Waals surface area contributed by atoms with Gasteiger partial charge in [0.1, 0.15) is 11.9 Å². The second-order valence-electron chi connectivity index (χ2n) is 8.41. The van der Waals surface area contributed by atoms with E-state index in [1.54, 1.807) is 11.3 Å². The summed E-state index contributed by atoms with van der Waals surface area (Å²) in [4.78, 5) is 23.6. The Morgan fingerprint density at radius 2 is 1.97 bits per heavy atom. The van der Waals surface area contributed by atoms with Crippen LogP contribution in [0.3, 0.4) is 0 Å². The third kappa shape index (κ3) is 4.61. The van der Waals surface area contributed by atoms with E-state index in [1.165, 1.54) is 0 Å². The molecule has 1 saturated carbocycles. The number of thiazole rings is 1. The van der Waals surface area contributed by atoms with Crippen molar-refractivity contribution < 1.29 is 14.6 Å². The summed E-state index contributed by atoms with van der Waals surface area (Å²) >= 11 is 1.63. The van der Waals surface area contributed by atoms with Crippen LogP contribution in [0.5, 0.6) is 5.75 Å². The predicted octanol–water partition coefficient (Wildman–Crippen LogP) is 3.07. The second-order valence-corrected chi connectivity index (χ2v) is 9.47. The zero-order chi connectivity index (χ0) is 20.5. The first-order valence-corrected chi connectivity index (χ1v) is 11.2. The molecule has 4 rings (SSSR count). The average Bonchev–Trinajstić information content (AvgIpc) is 3.28. The summed E-state index contributed by atoms with van der Waals surface area (Å²) < 4.78 is 6.14. The maximum absolute atomic E-state index is 12.7. The highest BCUT2D eigenvalue weighted by atomic mass is 32.1. The topological polar surface area (TPSA) is 75.5 Å². The van der Waals surface area contributed by atoms with Crippen molar-refractivity contribution in [1.29, 1.82) is 0 Å². The third-order valence-electron chi connectivity index (χ3n) is 6.15. The number of amides is 1. The number of carbonyl (C=O) groups excluding carboxylic acids is 1. The fraction of sp³-hybridized carbons (Fsp3) is 0.591. The quantitative estimate of drug-likeness (QED) is 0.812. The first-order valence-electron chi connectivity index (χ1n) is 10.4. The molecular weight excluding hydrogens is 386 g/mol. The fourth-order valence-corrected chi connectivity index (χ4v) is 5.25. The molecule has 2 aliphatic rings. The van der Waals surface area contributed by atoms with Crippen LogP contribution in [0, 0.1) is 32.6 Å². The molecule has 0 bridgehead atoms. The van der Waals surface area contributed by atoms with Gasteiger partial charge >= 0.3 is 0 Å². The summed E-state index contributed by atoms with van der Waals surface area (Å²) in [5, 5.41) is 13.7. The van der Waals surface area contributed by atoms with Crippen LogP contribution >= 0.6 is 11.3 Å². The van der Waals surface area contributed by atoms with E-state index in [9.17, 15) is 9.90 Å². The molecule has 0 aromatic carbocycles. The van der Waals surface area contributed by atoms with Crippen molar-refractivity contribution in [2.45, 2.75) is 58.7 Å². The van der Waals surface area contributed by atoms with Crippen LogP contribution in [0.1, 0.15) is 41.4 Å². The minimum Gasteiger partial charge on any atom is -0.486 e. The smallest absolute Gasteiger partial charge is 0.222 e. The first-order chi connectivity index (χ1) is 13.9. The lowest BCUT2D eigenvalue weighted by Crippen LogP contribution is -2.42. The number of aromatic nitrogens is 2. The number of aliphatic hydroxyl groups excluding tert-OH is 1. The van der Waals surface area contributed by atoms with Crippen LogP contribution < -0.4 is 4.74 Å². The molecule has 156 valence electrons. The second kappa shape index (κ2) is 8.40. The lowest BCUT2D eigenvalue weighted by molar-refractivity contribution is -0.130. The SMILES string of the molecule is Cc1ccc(O[C@@H]2C[C@@H]3CN(C(=O)CCc4csc(C)n4)C[C@@H]3C[C@H]2O)c(C)n1. The van der Waals surface area contributed by atoms with Gasteiger partial charge < -0.3 is 14.7 Å². The fourth-order valence-electron chi connectivity index (χ4n) is 4.60. The van der Waals surface area contributed by atoms with Gasteiger partial charge in [0, 0.05) is 30.6 Å². The molecule has 1 aliphatic carbocycles. The highest BCUT2D eigenvalue weighted by Gasteiger charge is 2.43.